The molecule has 0 spiro atoms. The Morgan fingerprint density at radius 3 is 2.71 bits per heavy atom. The lowest BCUT2D eigenvalue weighted by Crippen LogP contribution is -2.22. The Balaban J connectivity index is 2.12. The van der Waals surface area contributed by atoms with Gasteiger partial charge in [0.2, 0.25) is 0 Å². The molecule has 2 aromatic carbocycles. The van der Waals surface area contributed by atoms with E-state index < -0.39 is 0 Å². The van der Waals surface area contributed by atoms with Crippen LogP contribution >= 0.6 is 0 Å². The van der Waals surface area contributed by atoms with E-state index in [9.17, 15) is 4.79 Å². The number of hydrogen-bond acceptors (Lipinski definition) is 3. The van der Waals surface area contributed by atoms with Crippen molar-refractivity contribution in [2.24, 2.45) is 0 Å². The first-order valence-electron chi connectivity index (χ1n) is 7.07. The highest BCUT2D eigenvalue weighted by molar-refractivity contribution is 5.96. The summed E-state index contributed by atoms with van der Waals surface area (Å²) in [5.41, 5.74) is 10.4. The van der Waals surface area contributed by atoms with Gasteiger partial charge in [0, 0.05) is 18.7 Å². The van der Waals surface area contributed by atoms with Crippen molar-refractivity contribution in [1.82, 2.24) is 5.32 Å². The molecule has 0 bridgehead atoms. The second-order valence-electron chi connectivity index (χ2n) is 5.00. The summed E-state index contributed by atoms with van der Waals surface area (Å²) in [4.78, 5) is 11.8. The van der Waals surface area contributed by atoms with Gasteiger partial charge in [0.25, 0.3) is 5.91 Å². The summed E-state index contributed by atoms with van der Waals surface area (Å²) in [5, 5.41) is 6.07. The molecule has 0 saturated carbocycles. The topological polar surface area (TPSA) is 67.2 Å². The molecule has 0 aliphatic carbocycles. The first kappa shape index (κ1) is 14.9. The van der Waals surface area contributed by atoms with Crippen molar-refractivity contribution in [3.05, 3.63) is 59.2 Å². The average molecular weight is 283 g/mol. The quantitative estimate of drug-likeness (QED) is 0.739. The lowest BCUT2D eigenvalue weighted by atomic mass is 10.1. The van der Waals surface area contributed by atoms with Gasteiger partial charge in [0.15, 0.2) is 0 Å². The van der Waals surface area contributed by atoms with Gasteiger partial charge in [-0.1, -0.05) is 29.8 Å². The van der Waals surface area contributed by atoms with Crippen molar-refractivity contribution in [2.45, 2.75) is 20.4 Å². The highest BCUT2D eigenvalue weighted by Crippen LogP contribution is 2.21. The molecule has 0 radical (unpaired) electrons. The molecule has 4 nitrogen and oxygen atoms in total. The molecule has 0 aliphatic heterocycles. The number of nitrogen functional groups attached to an aromatic ring is 1. The van der Waals surface area contributed by atoms with Crippen LogP contribution in [0.5, 0.6) is 0 Å². The molecule has 110 valence electrons. The van der Waals surface area contributed by atoms with Gasteiger partial charge >= 0.3 is 0 Å². The number of nitrogens with two attached hydrogens (primary N) is 1. The fraction of sp³-hybridized carbons (Fsp3) is 0.235. The maximum absolute atomic E-state index is 11.8. The van der Waals surface area contributed by atoms with Crippen molar-refractivity contribution in [1.29, 1.82) is 0 Å². The van der Waals surface area contributed by atoms with Crippen LogP contribution in [0.25, 0.3) is 0 Å². The van der Waals surface area contributed by atoms with Crippen molar-refractivity contribution < 1.29 is 4.79 Å². The molecule has 0 fully saturated rings. The summed E-state index contributed by atoms with van der Waals surface area (Å²) in [6, 6.07) is 13.5. The molecule has 0 atom stereocenters. The molecular formula is C17H21N3O. The molecule has 2 rings (SSSR count). The first-order valence-corrected chi connectivity index (χ1v) is 7.07. The fourth-order valence-electron chi connectivity index (χ4n) is 2.13. The Morgan fingerprint density at radius 2 is 2.00 bits per heavy atom. The van der Waals surface area contributed by atoms with Crippen LogP contribution in [0.3, 0.4) is 0 Å². The number of carbonyl (C=O) groups excluding carboxylic acids is 1. The Labute approximate surface area is 125 Å². The van der Waals surface area contributed by atoms with Gasteiger partial charge in [0.1, 0.15) is 0 Å². The molecule has 0 saturated heterocycles. The Kier molecular flexibility index (Phi) is 4.82. The molecule has 4 heteroatoms. The predicted molar refractivity (Wildman–Crippen MR) is 87.4 cm³/mol. The van der Waals surface area contributed by atoms with E-state index in [1.165, 1.54) is 11.1 Å². The van der Waals surface area contributed by atoms with E-state index >= 15 is 0 Å². The van der Waals surface area contributed by atoms with Gasteiger partial charge < -0.3 is 16.4 Å². The zero-order chi connectivity index (χ0) is 15.2. The van der Waals surface area contributed by atoms with E-state index in [4.69, 9.17) is 5.73 Å². The van der Waals surface area contributed by atoms with E-state index in [1.54, 1.807) is 18.2 Å². The highest BCUT2D eigenvalue weighted by Gasteiger charge is 2.07. The summed E-state index contributed by atoms with van der Waals surface area (Å²) in [6.45, 7) is 5.24. The smallest absolute Gasteiger partial charge is 0.251 e. The zero-order valence-electron chi connectivity index (χ0n) is 12.4. The lowest BCUT2D eigenvalue weighted by Gasteiger charge is -2.12. The molecule has 4 N–H and O–H groups in total. The van der Waals surface area contributed by atoms with Crippen molar-refractivity contribution in [3.8, 4) is 0 Å². The van der Waals surface area contributed by atoms with Gasteiger partial charge in [-0.05, 0) is 37.6 Å². The van der Waals surface area contributed by atoms with Gasteiger partial charge in [0.05, 0.1) is 11.4 Å². The minimum Gasteiger partial charge on any atom is -0.397 e. The number of rotatable bonds is 5. The van der Waals surface area contributed by atoms with Crippen LogP contribution in [0, 0.1) is 6.92 Å². The summed E-state index contributed by atoms with van der Waals surface area (Å²) < 4.78 is 0. The van der Waals surface area contributed by atoms with Crippen molar-refractivity contribution in [3.63, 3.8) is 0 Å². The minimum absolute atomic E-state index is 0.0869. The largest absolute Gasteiger partial charge is 0.397 e. The second-order valence-corrected chi connectivity index (χ2v) is 5.00. The van der Waals surface area contributed by atoms with Gasteiger partial charge in [-0.15, -0.1) is 0 Å². The molecule has 0 heterocycles. The summed E-state index contributed by atoms with van der Waals surface area (Å²) in [7, 11) is 0. The standard InChI is InChI=1S/C17H21N3O/c1-3-19-17(21)14-7-8-15(18)16(10-14)20-11-13-6-4-5-12(2)9-13/h4-10,20H,3,11,18H2,1-2H3,(H,19,21). The second kappa shape index (κ2) is 6.79. The van der Waals surface area contributed by atoms with Crippen LogP contribution in [0.2, 0.25) is 0 Å². The first-order chi connectivity index (χ1) is 10.1. The Bertz CT molecular complexity index is 638. The van der Waals surface area contributed by atoms with Crippen LogP contribution in [-0.2, 0) is 6.54 Å². The highest BCUT2D eigenvalue weighted by atomic mass is 16.1. The van der Waals surface area contributed by atoms with E-state index in [1.807, 2.05) is 13.0 Å². The summed E-state index contributed by atoms with van der Waals surface area (Å²) in [6.07, 6.45) is 0. The van der Waals surface area contributed by atoms with Crippen LogP contribution in [0.1, 0.15) is 28.4 Å². The summed E-state index contributed by atoms with van der Waals surface area (Å²) in [5.74, 6) is -0.0869. The SMILES string of the molecule is CCNC(=O)c1ccc(N)c(NCc2cccc(C)c2)c1. The lowest BCUT2D eigenvalue weighted by molar-refractivity contribution is 0.0956. The van der Waals surface area contributed by atoms with Crippen LogP contribution in [0.4, 0.5) is 11.4 Å². The molecule has 1 amide bonds. The maximum Gasteiger partial charge on any atom is 0.251 e. The third-order valence-electron chi connectivity index (χ3n) is 3.22. The van der Waals surface area contributed by atoms with Gasteiger partial charge in [-0.2, -0.15) is 0 Å². The van der Waals surface area contributed by atoms with Gasteiger partial charge in [-0.25, -0.2) is 0 Å². The molecule has 2 aromatic rings. The monoisotopic (exact) mass is 283 g/mol. The molecule has 0 unspecified atom stereocenters. The molecule has 0 aliphatic rings. The number of nitrogens with one attached hydrogen (secondary N) is 2. The number of carbonyl (C=O) groups is 1. The number of amides is 1. The molecule has 0 aromatic heterocycles. The zero-order valence-corrected chi connectivity index (χ0v) is 12.4. The normalized spacial score (nSPS) is 10.2. The minimum atomic E-state index is -0.0869. The van der Waals surface area contributed by atoms with E-state index in [0.717, 1.165) is 5.69 Å². The van der Waals surface area contributed by atoms with Crippen molar-refractivity contribution >= 4 is 17.3 Å². The van der Waals surface area contributed by atoms with Crippen LogP contribution < -0.4 is 16.4 Å². The van der Waals surface area contributed by atoms with Crippen molar-refractivity contribution in [2.75, 3.05) is 17.6 Å². The predicted octanol–water partition coefficient (Wildman–Crippen LogP) is 2.94. The summed E-state index contributed by atoms with van der Waals surface area (Å²) >= 11 is 0. The van der Waals surface area contributed by atoms with Gasteiger partial charge in [-0.3, -0.25) is 4.79 Å². The number of anilines is 2. The molecule has 21 heavy (non-hydrogen) atoms. The van der Waals surface area contributed by atoms with E-state index in [2.05, 4.69) is 35.8 Å². The average Bonchev–Trinajstić information content (AvgIpc) is 2.46. The van der Waals surface area contributed by atoms with Crippen LogP contribution in [-0.4, -0.2) is 12.5 Å². The number of aryl methyl sites for hydroxylation is 1. The Hall–Kier alpha value is -2.49. The molecular weight excluding hydrogens is 262 g/mol. The third-order valence-corrected chi connectivity index (χ3v) is 3.22. The fourth-order valence-corrected chi connectivity index (χ4v) is 2.13. The maximum atomic E-state index is 11.8. The Morgan fingerprint density at radius 1 is 1.19 bits per heavy atom. The van der Waals surface area contributed by atoms with Crippen LogP contribution in [0.15, 0.2) is 42.5 Å². The van der Waals surface area contributed by atoms with E-state index in [-0.39, 0.29) is 5.91 Å². The van der Waals surface area contributed by atoms with E-state index in [0.29, 0.717) is 24.3 Å². The number of benzene rings is 2. The third kappa shape index (κ3) is 3.99. The number of hydrogen-bond donors (Lipinski definition) is 3.